The van der Waals surface area contributed by atoms with Gasteiger partial charge in [-0.2, -0.15) is 0 Å². The summed E-state index contributed by atoms with van der Waals surface area (Å²) in [6.45, 7) is 4.02. The SMILES string of the molecule is CC1(C)CC1(C(=O)O)c1csc(C2CC2)n1. The highest BCUT2D eigenvalue weighted by molar-refractivity contribution is 7.09. The van der Waals surface area contributed by atoms with Gasteiger partial charge in [-0.3, -0.25) is 4.79 Å². The Morgan fingerprint density at radius 3 is 2.62 bits per heavy atom. The van der Waals surface area contributed by atoms with Crippen LogP contribution in [0.5, 0.6) is 0 Å². The van der Waals surface area contributed by atoms with Crippen molar-refractivity contribution in [3.63, 3.8) is 0 Å². The minimum absolute atomic E-state index is 0.145. The molecule has 2 fully saturated rings. The molecule has 0 saturated heterocycles. The quantitative estimate of drug-likeness (QED) is 0.879. The summed E-state index contributed by atoms with van der Waals surface area (Å²) >= 11 is 1.63. The molecule has 0 bridgehead atoms. The first-order valence-electron chi connectivity index (χ1n) is 5.67. The van der Waals surface area contributed by atoms with E-state index in [-0.39, 0.29) is 5.41 Å². The third kappa shape index (κ3) is 1.19. The molecule has 2 aliphatic rings. The zero-order chi connectivity index (χ0) is 11.6. The topological polar surface area (TPSA) is 50.2 Å². The zero-order valence-electron chi connectivity index (χ0n) is 9.49. The lowest BCUT2D eigenvalue weighted by Gasteiger charge is -2.12. The number of hydrogen-bond donors (Lipinski definition) is 1. The van der Waals surface area contributed by atoms with Gasteiger partial charge >= 0.3 is 5.97 Å². The average Bonchev–Trinajstić information content (AvgIpc) is 3.06. The van der Waals surface area contributed by atoms with Crippen LogP contribution in [0.15, 0.2) is 5.38 Å². The molecular formula is C12H15NO2S. The summed E-state index contributed by atoms with van der Waals surface area (Å²) in [4.78, 5) is 16.0. The van der Waals surface area contributed by atoms with E-state index in [0.29, 0.717) is 12.3 Å². The molecule has 2 aliphatic carbocycles. The monoisotopic (exact) mass is 237 g/mol. The summed E-state index contributed by atoms with van der Waals surface area (Å²) in [5.74, 6) is -0.100. The second kappa shape index (κ2) is 2.86. The van der Waals surface area contributed by atoms with Crippen LogP contribution in [0, 0.1) is 5.41 Å². The van der Waals surface area contributed by atoms with Crippen molar-refractivity contribution in [2.45, 2.75) is 44.4 Å². The highest BCUT2D eigenvalue weighted by Gasteiger charge is 2.69. The molecule has 0 radical (unpaired) electrons. The summed E-state index contributed by atoms with van der Waals surface area (Å²) in [6, 6.07) is 0. The highest BCUT2D eigenvalue weighted by Crippen LogP contribution is 2.64. The van der Waals surface area contributed by atoms with Crippen LogP contribution in [0.3, 0.4) is 0 Å². The van der Waals surface area contributed by atoms with Crippen molar-refractivity contribution >= 4 is 17.3 Å². The fraction of sp³-hybridized carbons (Fsp3) is 0.667. The van der Waals surface area contributed by atoms with Crippen molar-refractivity contribution in [2.75, 3.05) is 0 Å². The van der Waals surface area contributed by atoms with Crippen molar-refractivity contribution in [1.82, 2.24) is 4.98 Å². The van der Waals surface area contributed by atoms with Crippen LogP contribution < -0.4 is 0 Å². The molecule has 1 unspecified atom stereocenters. The second-order valence-corrected chi connectivity index (χ2v) is 6.51. The van der Waals surface area contributed by atoms with Gasteiger partial charge in [-0.15, -0.1) is 11.3 Å². The van der Waals surface area contributed by atoms with Crippen molar-refractivity contribution in [3.8, 4) is 0 Å². The summed E-state index contributed by atoms with van der Waals surface area (Å²) in [5, 5.41) is 12.5. The van der Waals surface area contributed by atoms with Crippen LogP contribution in [0.2, 0.25) is 0 Å². The van der Waals surface area contributed by atoms with Crippen LogP contribution >= 0.6 is 11.3 Å². The van der Waals surface area contributed by atoms with Gasteiger partial charge in [0.05, 0.1) is 10.7 Å². The standard InChI is InChI=1S/C12H15NO2S/c1-11(2)6-12(11,10(14)15)8-5-16-9(13-8)7-3-4-7/h5,7H,3-4,6H2,1-2H3,(H,14,15). The van der Waals surface area contributed by atoms with E-state index in [2.05, 4.69) is 4.98 Å². The Morgan fingerprint density at radius 2 is 2.19 bits per heavy atom. The minimum Gasteiger partial charge on any atom is -0.481 e. The van der Waals surface area contributed by atoms with Gasteiger partial charge in [-0.25, -0.2) is 4.98 Å². The summed E-state index contributed by atoms with van der Waals surface area (Å²) < 4.78 is 0. The Hall–Kier alpha value is -0.900. The number of carbonyl (C=O) groups is 1. The van der Waals surface area contributed by atoms with Gasteiger partial charge in [0.25, 0.3) is 0 Å². The van der Waals surface area contributed by atoms with Gasteiger partial charge in [0.2, 0.25) is 0 Å². The number of rotatable bonds is 3. The molecule has 3 rings (SSSR count). The largest absolute Gasteiger partial charge is 0.481 e. The van der Waals surface area contributed by atoms with Gasteiger partial charge in [-0.1, -0.05) is 13.8 Å². The van der Waals surface area contributed by atoms with E-state index in [9.17, 15) is 9.90 Å². The molecule has 1 atom stereocenters. The van der Waals surface area contributed by atoms with E-state index >= 15 is 0 Å². The molecule has 86 valence electrons. The minimum atomic E-state index is -0.717. The maximum atomic E-state index is 11.5. The van der Waals surface area contributed by atoms with Crippen LogP contribution in [0.1, 0.15) is 49.7 Å². The Kier molecular flexibility index (Phi) is 1.83. The molecule has 4 heteroatoms. The fourth-order valence-corrected chi connectivity index (χ4v) is 3.60. The van der Waals surface area contributed by atoms with E-state index in [1.807, 2.05) is 19.2 Å². The predicted octanol–water partition coefficient (Wildman–Crippen LogP) is 2.77. The van der Waals surface area contributed by atoms with Crippen molar-refractivity contribution in [3.05, 3.63) is 16.1 Å². The van der Waals surface area contributed by atoms with E-state index < -0.39 is 11.4 Å². The zero-order valence-corrected chi connectivity index (χ0v) is 10.3. The number of aromatic nitrogens is 1. The third-order valence-corrected chi connectivity index (χ3v) is 5.00. The van der Waals surface area contributed by atoms with E-state index in [1.54, 1.807) is 11.3 Å². The van der Waals surface area contributed by atoms with Crippen LogP contribution in [-0.2, 0) is 10.2 Å². The van der Waals surface area contributed by atoms with Gasteiger partial charge < -0.3 is 5.11 Å². The summed E-state index contributed by atoms with van der Waals surface area (Å²) in [5.41, 5.74) is -0.0680. The average molecular weight is 237 g/mol. The first kappa shape index (κ1) is 10.3. The number of hydrogen-bond acceptors (Lipinski definition) is 3. The second-order valence-electron chi connectivity index (χ2n) is 5.62. The number of carboxylic acid groups (broad SMARTS) is 1. The smallest absolute Gasteiger partial charge is 0.316 e. The molecule has 0 aromatic carbocycles. The molecule has 0 spiro atoms. The normalized spacial score (nSPS) is 31.4. The van der Waals surface area contributed by atoms with Gasteiger partial charge in [-0.05, 0) is 24.7 Å². The summed E-state index contributed by atoms with van der Waals surface area (Å²) in [7, 11) is 0. The lowest BCUT2D eigenvalue weighted by atomic mass is 9.93. The van der Waals surface area contributed by atoms with Gasteiger partial charge in [0, 0.05) is 11.3 Å². The predicted molar refractivity (Wildman–Crippen MR) is 61.8 cm³/mol. The molecule has 0 aliphatic heterocycles. The highest BCUT2D eigenvalue weighted by atomic mass is 32.1. The molecule has 3 nitrogen and oxygen atoms in total. The Morgan fingerprint density at radius 1 is 1.56 bits per heavy atom. The Bertz CT molecular complexity index is 461. The van der Waals surface area contributed by atoms with Crippen LogP contribution in [0.4, 0.5) is 0 Å². The van der Waals surface area contributed by atoms with E-state index in [1.165, 1.54) is 12.8 Å². The lowest BCUT2D eigenvalue weighted by Crippen LogP contribution is -2.25. The molecule has 0 amide bonds. The first-order chi connectivity index (χ1) is 7.47. The molecule has 2 saturated carbocycles. The number of aliphatic carboxylic acids is 1. The van der Waals surface area contributed by atoms with Crippen molar-refractivity contribution < 1.29 is 9.90 Å². The molecule has 1 heterocycles. The van der Waals surface area contributed by atoms with Crippen LogP contribution in [0.25, 0.3) is 0 Å². The van der Waals surface area contributed by atoms with E-state index in [4.69, 9.17) is 0 Å². The third-order valence-electron chi connectivity index (χ3n) is 3.99. The maximum absolute atomic E-state index is 11.5. The fourth-order valence-electron chi connectivity index (χ4n) is 2.53. The van der Waals surface area contributed by atoms with Crippen LogP contribution in [-0.4, -0.2) is 16.1 Å². The number of carboxylic acids is 1. The molecule has 1 N–H and O–H groups in total. The molecular weight excluding hydrogens is 222 g/mol. The number of thiazole rings is 1. The summed E-state index contributed by atoms with van der Waals surface area (Å²) in [6.07, 6.45) is 3.15. The van der Waals surface area contributed by atoms with Crippen molar-refractivity contribution in [2.24, 2.45) is 5.41 Å². The first-order valence-corrected chi connectivity index (χ1v) is 6.55. The van der Waals surface area contributed by atoms with Gasteiger partial charge in [0.15, 0.2) is 0 Å². The molecule has 16 heavy (non-hydrogen) atoms. The van der Waals surface area contributed by atoms with Gasteiger partial charge in [0.1, 0.15) is 5.41 Å². The molecule has 1 aromatic rings. The van der Waals surface area contributed by atoms with Crippen molar-refractivity contribution in [1.29, 1.82) is 0 Å². The van der Waals surface area contributed by atoms with E-state index in [0.717, 1.165) is 10.7 Å². The Balaban J connectivity index is 1.98. The molecule has 1 aromatic heterocycles. The number of nitrogens with zero attached hydrogens (tertiary/aromatic N) is 1. The lowest BCUT2D eigenvalue weighted by molar-refractivity contribution is -0.141. The maximum Gasteiger partial charge on any atom is 0.316 e. The Labute approximate surface area is 98.5 Å².